The topological polar surface area (TPSA) is 114 Å². The average molecular weight is 549 g/mol. The van der Waals surface area contributed by atoms with Gasteiger partial charge in [-0.1, -0.05) is 0 Å². The van der Waals surface area contributed by atoms with Crippen molar-refractivity contribution in [1.82, 2.24) is 19.2 Å². The Kier molecular flexibility index (Phi) is 9.23. The summed E-state index contributed by atoms with van der Waals surface area (Å²) in [5.74, 6) is -0.733. The van der Waals surface area contributed by atoms with Crippen molar-refractivity contribution in [2.75, 3.05) is 6.61 Å². The molecular weight excluding hydrogens is 517 g/mol. The third-order valence-corrected chi connectivity index (χ3v) is 6.71. The Bertz CT molecular complexity index is 1300. The number of hydrazine groups is 1. The van der Waals surface area contributed by atoms with E-state index in [2.05, 4.69) is 0 Å². The summed E-state index contributed by atoms with van der Waals surface area (Å²) in [5, 5.41) is 11.7. The van der Waals surface area contributed by atoms with Gasteiger partial charge in [-0.3, -0.25) is 18.7 Å². The molecule has 1 N–H and O–H groups in total. The second-order valence-electron chi connectivity index (χ2n) is 9.10. The van der Waals surface area contributed by atoms with Crippen LogP contribution in [0.3, 0.4) is 0 Å². The number of aromatic nitrogens is 2. The molecule has 2 amide bonds. The molecule has 0 bridgehead atoms. The van der Waals surface area contributed by atoms with Gasteiger partial charge in [0, 0.05) is 24.0 Å². The highest BCUT2D eigenvalue weighted by Gasteiger charge is 2.36. The van der Waals surface area contributed by atoms with E-state index in [1.54, 1.807) is 34.6 Å². The monoisotopic (exact) mass is 548 g/mol. The van der Waals surface area contributed by atoms with Crippen molar-refractivity contribution in [1.29, 1.82) is 0 Å². The van der Waals surface area contributed by atoms with E-state index >= 15 is 0 Å². The minimum absolute atomic E-state index is 0.0336. The number of aryl methyl sites for hydroxylation is 2. The van der Waals surface area contributed by atoms with E-state index < -0.39 is 47.9 Å². The Morgan fingerprint density at radius 1 is 1.14 bits per heavy atom. The summed E-state index contributed by atoms with van der Waals surface area (Å²) in [7, 11) is 0. The van der Waals surface area contributed by atoms with Crippen molar-refractivity contribution < 1.29 is 32.6 Å². The van der Waals surface area contributed by atoms with Crippen molar-refractivity contribution in [3.05, 3.63) is 43.6 Å². The van der Waals surface area contributed by atoms with Crippen molar-refractivity contribution >= 4 is 33.6 Å². The van der Waals surface area contributed by atoms with Crippen molar-refractivity contribution in [2.45, 2.75) is 79.3 Å². The molecule has 2 aromatic rings. The molecule has 0 saturated carbocycles. The highest BCUT2D eigenvalue weighted by Crippen LogP contribution is 2.31. The fraction of sp³-hybridized carbons (Fsp3) is 0.565. The molecule has 0 spiro atoms. The number of carbonyl (C=O) groups is 2. The van der Waals surface area contributed by atoms with E-state index in [1.165, 1.54) is 6.92 Å². The normalized spacial score (nSPS) is 12.4. The van der Waals surface area contributed by atoms with Gasteiger partial charge in [0.25, 0.3) is 11.5 Å². The molecule has 0 atom stereocenters. The van der Waals surface area contributed by atoms with Gasteiger partial charge in [-0.2, -0.15) is 13.2 Å². The molecule has 0 saturated heterocycles. The summed E-state index contributed by atoms with van der Waals surface area (Å²) in [5.41, 5.74) is -2.24. The van der Waals surface area contributed by atoms with Gasteiger partial charge < -0.3 is 9.84 Å². The van der Waals surface area contributed by atoms with Crippen LogP contribution in [0.1, 0.15) is 51.5 Å². The highest BCUT2D eigenvalue weighted by atomic mass is 32.1. The van der Waals surface area contributed by atoms with Gasteiger partial charge in [0.2, 0.25) is 0 Å². The molecule has 0 aliphatic carbocycles. The molecule has 10 nitrogen and oxygen atoms in total. The summed E-state index contributed by atoms with van der Waals surface area (Å²) in [6.07, 6.45) is -5.04. The van der Waals surface area contributed by atoms with Crippen molar-refractivity contribution in [2.24, 2.45) is 0 Å². The molecule has 2 heterocycles. The first-order chi connectivity index (χ1) is 17.0. The van der Waals surface area contributed by atoms with Gasteiger partial charge in [-0.05, 0) is 47.1 Å². The zero-order chi connectivity index (χ0) is 28.3. The summed E-state index contributed by atoms with van der Waals surface area (Å²) < 4.78 is 45.8. The molecule has 2 aromatic heterocycles. The molecular formula is C23H31F3N4O6S. The van der Waals surface area contributed by atoms with Crippen LogP contribution >= 0.6 is 11.3 Å². The van der Waals surface area contributed by atoms with Crippen LogP contribution in [-0.2, 0) is 29.2 Å². The Balaban J connectivity index is 2.76. The van der Waals surface area contributed by atoms with E-state index in [-0.39, 0.29) is 29.9 Å². The number of halogens is 3. The number of ether oxygens (including phenoxy) is 1. The maximum absolute atomic E-state index is 13.1. The summed E-state index contributed by atoms with van der Waals surface area (Å²) in [4.78, 5) is 51.5. The van der Waals surface area contributed by atoms with Gasteiger partial charge in [0.1, 0.15) is 4.83 Å². The predicted octanol–water partition coefficient (Wildman–Crippen LogP) is 4.08. The third kappa shape index (κ3) is 6.73. The second-order valence-corrected chi connectivity index (χ2v) is 10.2. The number of alkyl halides is 3. The smallest absolute Gasteiger partial charge is 0.426 e. The van der Waals surface area contributed by atoms with Gasteiger partial charge in [0.15, 0.2) is 0 Å². The lowest BCUT2D eigenvalue weighted by molar-refractivity contribution is -0.149. The van der Waals surface area contributed by atoms with Crippen LogP contribution in [0.2, 0.25) is 0 Å². The van der Waals surface area contributed by atoms with Crippen LogP contribution in [-0.4, -0.2) is 54.6 Å². The zero-order valence-electron chi connectivity index (χ0n) is 21.5. The second kappa shape index (κ2) is 11.4. The first-order valence-electron chi connectivity index (χ1n) is 11.5. The molecule has 0 aliphatic rings. The van der Waals surface area contributed by atoms with E-state index in [0.717, 1.165) is 42.8 Å². The van der Waals surface area contributed by atoms with Crippen LogP contribution in [0.4, 0.5) is 18.0 Å². The Morgan fingerprint density at radius 2 is 1.76 bits per heavy atom. The number of carboxylic acid groups (broad SMARTS) is 1. The number of hydrogen-bond acceptors (Lipinski definition) is 6. The fourth-order valence-corrected chi connectivity index (χ4v) is 5.03. The van der Waals surface area contributed by atoms with E-state index in [0.29, 0.717) is 10.4 Å². The number of amides is 2. The Labute approximate surface area is 215 Å². The van der Waals surface area contributed by atoms with E-state index in [9.17, 15) is 37.5 Å². The van der Waals surface area contributed by atoms with E-state index in [1.807, 2.05) is 0 Å². The minimum atomic E-state index is -4.53. The lowest BCUT2D eigenvalue weighted by atomic mass is 10.1. The molecule has 2 rings (SSSR count). The average Bonchev–Trinajstić information content (AvgIpc) is 3.07. The molecule has 0 radical (unpaired) electrons. The first-order valence-corrected chi connectivity index (χ1v) is 12.3. The molecule has 206 valence electrons. The number of rotatable bonds is 8. The standard InChI is InChI=1S/C23H31F3N4O6S/c1-7-27-18(32)17-14(3)15(37-19(17)28(20(27)33)11-10-23(24,25)26)13-29(16(31)9-12-36-8-2)30(21(34)35)22(4,5)6/h9,12H,7-8,10-11,13H2,1-6H3,(H,34,35). The van der Waals surface area contributed by atoms with Gasteiger partial charge in [0.05, 0.1) is 36.8 Å². The maximum atomic E-state index is 13.1. The van der Waals surface area contributed by atoms with Crippen LogP contribution in [0, 0.1) is 6.92 Å². The summed E-state index contributed by atoms with van der Waals surface area (Å²) >= 11 is 0.876. The first kappa shape index (κ1) is 29.9. The van der Waals surface area contributed by atoms with Crippen LogP contribution in [0.5, 0.6) is 0 Å². The quantitative estimate of drug-likeness (QED) is 0.302. The molecule has 0 fully saturated rings. The van der Waals surface area contributed by atoms with E-state index in [4.69, 9.17) is 4.74 Å². The molecule has 37 heavy (non-hydrogen) atoms. The van der Waals surface area contributed by atoms with Gasteiger partial charge >= 0.3 is 18.0 Å². The highest BCUT2D eigenvalue weighted by molar-refractivity contribution is 7.18. The lowest BCUT2D eigenvalue weighted by Crippen LogP contribution is -2.57. The third-order valence-electron chi connectivity index (χ3n) is 5.41. The number of thiophene rings is 1. The fourth-order valence-electron chi connectivity index (χ4n) is 3.73. The van der Waals surface area contributed by atoms with Gasteiger partial charge in [-0.15, -0.1) is 11.3 Å². The number of hydrogen-bond donors (Lipinski definition) is 1. The van der Waals surface area contributed by atoms with Crippen LogP contribution in [0.15, 0.2) is 21.9 Å². The summed E-state index contributed by atoms with van der Waals surface area (Å²) in [6, 6.07) is 0. The maximum Gasteiger partial charge on any atom is 0.426 e. The largest absolute Gasteiger partial charge is 0.501 e. The van der Waals surface area contributed by atoms with Crippen LogP contribution < -0.4 is 11.2 Å². The lowest BCUT2D eigenvalue weighted by Gasteiger charge is -2.40. The molecule has 0 aliphatic heterocycles. The van der Waals surface area contributed by atoms with Crippen LogP contribution in [0.25, 0.3) is 10.2 Å². The number of nitrogens with zero attached hydrogens (tertiary/aromatic N) is 4. The molecule has 14 heteroatoms. The zero-order valence-corrected chi connectivity index (χ0v) is 22.3. The number of carbonyl (C=O) groups excluding carboxylic acids is 1. The van der Waals surface area contributed by atoms with Crippen molar-refractivity contribution in [3.63, 3.8) is 0 Å². The Hall–Kier alpha value is -3.29. The molecule has 0 unspecified atom stereocenters. The number of fused-ring (bicyclic) bond motifs is 1. The minimum Gasteiger partial charge on any atom is -0.501 e. The predicted molar refractivity (Wildman–Crippen MR) is 132 cm³/mol. The van der Waals surface area contributed by atoms with Gasteiger partial charge in [-0.25, -0.2) is 19.6 Å². The summed E-state index contributed by atoms with van der Waals surface area (Å²) in [6.45, 7) is 8.76. The molecule has 0 aromatic carbocycles. The SMILES string of the molecule is CCOC=CC(=O)N(Cc1sc2c(c1C)c(=O)n(CC)c(=O)n2CCC(F)(F)F)N(C(=O)O)C(C)(C)C. The van der Waals surface area contributed by atoms with Crippen molar-refractivity contribution in [3.8, 4) is 0 Å². The Morgan fingerprint density at radius 3 is 2.24 bits per heavy atom.